The van der Waals surface area contributed by atoms with E-state index in [1.54, 1.807) is 6.26 Å². The van der Waals surface area contributed by atoms with E-state index in [0.29, 0.717) is 18.5 Å². The second-order valence-corrected chi connectivity index (χ2v) is 4.60. The molecule has 4 heteroatoms. The van der Waals surface area contributed by atoms with Crippen molar-refractivity contribution in [2.45, 2.75) is 39.3 Å². The highest BCUT2D eigenvalue weighted by Gasteiger charge is 2.32. The lowest BCUT2D eigenvalue weighted by molar-refractivity contribution is 0.503. The summed E-state index contributed by atoms with van der Waals surface area (Å²) < 4.78 is 5.45. The maximum atomic E-state index is 5.52. The predicted octanol–water partition coefficient (Wildman–Crippen LogP) is 1.76. The van der Waals surface area contributed by atoms with Gasteiger partial charge in [-0.15, -0.1) is 0 Å². The number of anilines is 1. The molecule has 0 bridgehead atoms. The molecular formula is C11H19N3O. The van der Waals surface area contributed by atoms with Gasteiger partial charge in [-0.25, -0.2) is 0 Å². The van der Waals surface area contributed by atoms with E-state index in [1.807, 2.05) is 0 Å². The third-order valence-corrected chi connectivity index (χ3v) is 2.54. The molecule has 0 unspecified atom stereocenters. The predicted molar refractivity (Wildman–Crippen MR) is 59.6 cm³/mol. The second kappa shape index (κ2) is 4.23. The Bertz CT molecular complexity index is 317. The molecule has 0 radical (unpaired) electrons. The number of hydrogen-bond acceptors (Lipinski definition) is 4. The Labute approximate surface area is 90.5 Å². The number of nitrogens with two attached hydrogens (primary N) is 1. The smallest absolute Gasteiger partial charge is 0.297 e. The van der Waals surface area contributed by atoms with Gasteiger partial charge in [0.05, 0.1) is 5.69 Å². The standard InChI is InChI=1S/C11H19N3O/c1-8(2)6-14(10-3-4-10)11-13-9(5-12)7-15-11/h7-8,10H,3-6,12H2,1-2H3. The van der Waals surface area contributed by atoms with Crippen LogP contribution in [0.2, 0.25) is 0 Å². The lowest BCUT2D eigenvalue weighted by Gasteiger charge is -2.21. The van der Waals surface area contributed by atoms with Gasteiger partial charge in [-0.1, -0.05) is 13.8 Å². The van der Waals surface area contributed by atoms with Gasteiger partial charge in [0.1, 0.15) is 6.26 Å². The number of rotatable bonds is 5. The molecular weight excluding hydrogens is 190 g/mol. The van der Waals surface area contributed by atoms with E-state index in [9.17, 15) is 0 Å². The molecule has 1 heterocycles. The van der Waals surface area contributed by atoms with Crippen LogP contribution in [0.25, 0.3) is 0 Å². The minimum atomic E-state index is 0.448. The molecule has 2 N–H and O–H groups in total. The molecule has 0 saturated heterocycles. The summed E-state index contributed by atoms with van der Waals surface area (Å²) in [6.07, 6.45) is 4.17. The van der Waals surface area contributed by atoms with Crippen LogP contribution in [0.15, 0.2) is 10.7 Å². The number of oxazole rings is 1. The van der Waals surface area contributed by atoms with Crippen molar-refractivity contribution in [2.24, 2.45) is 11.7 Å². The Balaban J connectivity index is 2.09. The molecule has 0 atom stereocenters. The fourth-order valence-corrected chi connectivity index (χ4v) is 1.68. The first-order chi connectivity index (χ1) is 7.20. The van der Waals surface area contributed by atoms with Crippen LogP contribution in [0.1, 0.15) is 32.4 Å². The molecule has 2 rings (SSSR count). The first-order valence-corrected chi connectivity index (χ1v) is 5.61. The van der Waals surface area contributed by atoms with Crippen molar-refractivity contribution in [3.05, 3.63) is 12.0 Å². The van der Waals surface area contributed by atoms with Crippen molar-refractivity contribution in [1.29, 1.82) is 0 Å². The van der Waals surface area contributed by atoms with Crippen LogP contribution >= 0.6 is 0 Å². The van der Waals surface area contributed by atoms with Gasteiger partial charge < -0.3 is 15.1 Å². The molecule has 1 aliphatic rings. The zero-order valence-corrected chi connectivity index (χ0v) is 9.44. The van der Waals surface area contributed by atoms with Crippen LogP contribution in [0, 0.1) is 5.92 Å². The lowest BCUT2D eigenvalue weighted by Crippen LogP contribution is -2.30. The SMILES string of the molecule is CC(C)CN(c1nc(CN)co1)C1CC1. The third-order valence-electron chi connectivity index (χ3n) is 2.54. The Morgan fingerprint density at radius 1 is 1.60 bits per heavy atom. The molecule has 0 aromatic carbocycles. The zero-order chi connectivity index (χ0) is 10.8. The van der Waals surface area contributed by atoms with Gasteiger partial charge in [-0.3, -0.25) is 0 Å². The van der Waals surface area contributed by atoms with Crippen molar-refractivity contribution in [3.63, 3.8) is 0 Å². The van der Waals surface area contributed by atoms with Gasteiger partial charge in [-0.05, 0) is 18.8 Å². The fourth-order valence-electron chi connectivity index (χ4n) is 1.68. The largest absolute Gasteiger partial charge is 0.432 e. The minimum Gasteiger partial charge on any atom is -0.432 e. The molecule has 84 valence electrons. The highest BCUT2D eigenvalue weighted by Crippen LogP contribution is 2.31. The van der Waals surface area contributed by atoms with Crippen LogP contribution in [-0.2, 0) is 6.54 Å². The molecule has 1 aliphatic carbocycles. The Morgan fingerprint density at radius 2 is 2.33 bits per heavy atom. The normalized spacial score (nSPS) is 16.0. The summed E-state index contributed by atoms with van der Waals surface area (Å²) >= 11 is 0. The Kier molecular flexibility index (Phi) is 2.95. The molecule has 4 nitrogen and oxygen atoms in total. The van der Waals surface area contributed by atoms with Crippen molar-refractivity contribution < 1.29 is 4.42 Å². The minimum absolute atomic E-state index is 0.448. The van der Waals surface area contributed by atoms with Crippen LogP contribution in [0.4, 0.5) is 6.01 Å². The summed E-state index contributed by atoms with van der Waals surface area (Å²) in [7, 11) is 0. The molecule has 1 aromatic rings. The van der Waals surface area contributed by atoms with Gasteiger partial charge in [0.15, 0.2) is 0 Å². The fraction of sp³-hybridized carbons (Fsp3) is 0.727. The highest BCUT2D eigenvalue weighted by molar-refractivity contribution is 5.31. The topological polar surface area (TPSA) is 55.3 Å². The zero-order valence-electron chi connectivity index (χ0n) is 9.44. The summed E-state index contributed by atoms with van der Waals surface area (Å²) in [5, 5.41) is 0. The molecule has 0 amide bonds. The van der Waals surface area contributed by atoms with Crippen LogP contribution < -0.4 is 10.6 Å². The summed E-state index contributed by atoms with van der Waals surface area (Å²) in [5.41, 5.74) is 6.35. The molecule has 1 aromatic heterocycles. The molecule has 1 saturated carbocycles. The lowest BCUT2D eigenvalue weighted by atomic mass is 10.2. The van der Waals surface area contributed by atoms with Gasteiger partial charge in [0, 0.05) is 19.1 Å². The van der Waals surface area contributed by atoms with Gasteiger partial charge in [0.2, 0.25) is 0 Å². The van der Waals surface area contributed by atoms with Gasteiger partial charge >= 0.3 is 0 Å². The molecule has 0 spiro atoms. The number of aromatic nitrogens is 1. The van der Waals surface area contributed by atoms with Crippen molar-refractivity contribution in [2.75, 3.05) is 11.4 Å². The average Bonchev–Trinajstić information content (AvgIpc) is 2.92. The van der Waals surface area contributed by atoms with Crippen LogP contribution in [-0.4, -0.2) is 17.6 Å². The van der Waals surface area contributed by atoms with Gasteiger partial charge in [0.25, 0.3) is 6.01 Å². The van der Waals surface area contributed by atoms with Crippen molar-refractivity contribution in [3.8, 4) is 0 Å². The van der Waals surface area contributed by atoms with E-state index >= 15 is 0 Å². The quantitative estimate of drug-likeness (QED) is 0.802. The van der Waals surface area contributed by atoms with Crippen LogP contribution in [0.3, 0.4) is 0 Å². The highest BCUT2D eigenvalue weighted by atomic mass is 16.4. The monoisotopic (exact) mass is 209 g/mol. The van der Waals surface area contributed by atoms with Crippen LogP contribution in [0.5, 0.6) is 0 Å². The molecule has 15 heavy (non-hydrogen) atoms. The summed E-state index contributed by atoms with van der Waals surface area (Å²) in [5.74, 6) is 0.624. The first kappa shape index (κ1) is 10.5. The van der Waals surface area contributed by atoms with E-state index < -0.39 is 0 Å². The average molecular weight is 209 g/mol. The van der Waals surface area contributed by atoms with E-state index in [-0.39, 0.29) is 0 Å². The molecule has 0 aliphatic heterocycles. The second-order valence-electron chi connectivity index (χ2n) is 4.60. The van der Waals surface area contributed by atoms with E-state index in [2.05, 4.69) is 23.7 Å². The Morgan fingerprint density at radius 3 is 2.80 bits per heavy atom. The third kappa shape index (κ3) is 2.50. The summed E-state index contributed by atoms with van der Waals surface area (Å²) in [6, 6.07) is 1.38. The molecule has 1 fully saturated rings. The van der Waals surface area contributed by atoms with Crippen molar-refractivity contribution in [1.82, 2.24) is 4.98 Å². The van der Waals surface area contributed by atoms with E-state index in [4.69, 9.17) is 10.2 Å². The Hall–Kier alpha value is -1.03. The summed E-state index contributed by atoms with van der Waals surface area (Å²) in [6.45, 7) is 5.88. The maximum absolute atomic E-state index is 5.52. The maximum Gasteiger partial charge on any atom is 0.297 e. The number of nitrogens with zero attached hydrogens (tertiary/aromatic N) is 2. The van der Waals surface area contributed by atoms with Crippen molar-refractivity contribution >= 4 is 6.01 Å². The summed E-state index contributed by atoms with van der Waals surface area (Å²) in [4.78, 5) is 6.65. The first-order valence-electron chi connectivity index (χ1n) is 5.61. The van der Waals surface area contributed by atoms with E-state index in [1.165, 1.54) is 12.8 Å². The van der Waals surface area contributed by atoms with Gasteiger partial charge in [-0.2, -0.15) is 4.98 Å². The van der Waals surface area contributed by atoms with E-state index in [0.717, 1.165) is 18.3 Å². The number of hydrogen-bond donors (Lipinski definition) is 1.